The van der Waals surface area contributed by atoms with E-state index in [1.165, 1.54) is 0 Å². The van der Waals surface area contributed by atoms with E-state index in [4.69, 9.17) is 8.83 Å². The molecule has 0 atom stereocenters. The molecule has 0 saturated heterocycles. The molecule has 0 radical (unpaired) electrons. The lowest BCUT2D eigenvalue weighted by atomic mass is 10.1. The molecular formula is C30H16N8O2. The van der Waals surface area contributed by atoms with Crippen LogP contribution in [0.15, 0.2) is 106 Å². The summed E-state index contributed by atoms with van der Waals surface area (Å²) < 4.78 is 11.9. The van der Waals surface area contributed by atoms with Gasteiger partial charge in [0.05, 0.1) is 17.1 Å². The van der Waals surface area contributed by atoms with Crippen molar-refractivity contribution in [2.45, 2.75) is 0 Å². The summed E-state index contributed by atoms with van der Waals surface area (Å²) in [6.45, 7) is 0. The van der Waals surface area contributed by atoms with Crippen LogP contribution in [0.2, 0.25) is 0 Å². The van der Waals surface area contributed by atoms with E-state index < -0.39 is 0 Å². The summed E-state index contributed by atoms with van der Waals surface area (Å²) in [5.41, 5.74) is 5.13. The summed E-state index contributed by atoms with van der Waals surface area (Å²) in [7, 11) is 0. The van der Waals surface area contributed by atoms with Gasteiger partial charge < -0.3 is 8.83 Å². The highest BCUT2D eigenvalue weighted by atomic mass is 16.4. The SMILES string of the molecule is c1ccnc(-c2cccc(-c3nnc(-c4cccc(-c5nnc(-c6cccc(-c7ccccn7)n6)o5)c4)o3)n2)c#1. The van der Waals surface area contributed by atoms with E-state index in [2.05, 4.69) is 52.5 Å². The summed E-state index contributed by atoms with van der Waals surface area (Å²) >= 11 is 0. The molecule has 40 heavy (non-hydrogen) atoms. The Bertz CT molecular complexity index is 1780. The normalized spacial score (nSPS) is 10.8. The second-order valence-corrected chi connectivity index (χ2v) is 8.50. The molecule has 0 amide bonds. The fraction of sp³-hybridized carbons (Fsp3) is 0. The molecule has 0 N–H and O–H groups in total. The molecule has 10 heteroatoms. The van der Waals surface area contributed by atoms with Gasteiger partial charge in [0, 0.05) is 29.6 Å². The van der Waals surface area contributed by atoms with Crippen molar-refractivity contribution >= 4 is 0 Å². The van der Waals surface area contributed by atoms with Crippen LogP contribution in [0.1, 0.15) is 0 Å². The predicted octanol–water partition coefficient (Wildman–Crippen LogP) is 5.63. The van der Waals surface area contributed by atoms with Gasteiger partial charge in [-0.05, 0) is 60.7 Å². The summed E-state index contributed by atoms with van der Waals surface area (Å²) in [5.74, 6) is 1.23. The zero-order chi connectivity index (χ0) is 26.7. The smallest absolute Gasteiger partial charge is 0.266 e. The molecule has 0 unspecified atom stereocenters. The van der Waals surface area contributed by atoms with Crippen molar-refractivity contribution in [1.29, 1.82) is 0 Å². The third kappa shape index (κ3) is 4.55. The number of pyridine rings is 3. The fourth-order valence-corrected chi connectivity index (χ4v) is 3.99. The average molecular weight is 521 g/mol. The van der Waals surface area contributed by atoms with Crippen molar-refractivity contribution in [2.75, 3.05) is 0 Å². The molecule has 7 aromatic rings. The standard InChI is InChI=1S/C30H16N8O2/c1-3-16-31-21(10-1)23-12-6-14-25(33-23)29-37-35-27(39-29)19-8-5-9-20(18-19)28-36-38-30(40-28)26-15-7-13-24(34-26)22-11-2-4-17-32-22/h1,3-10,12-18H. The van der Waals surface area contributed by atoms with Crippen molar-refractivity contribution in [3.05, 3.63) is 109 Å². The van der Waals surface area contributed by atoms with Crippen LogP contribution in [-0.4, -0.2) is 40.3 Å². The monoisotopic (exact) mass is 520 g/mol. The second kappa shape index (κ2) is 10.00. The fourth-order valence-electron chi connectivity index (χ4n) is 3.99. The van der Waals surface area contributed by atoms with E-state index in [1.54, 1.807) is 24.5 Å². The van der Waals surface area contributed by atoms with Gasteiger partial charge in [-0.2, -0.15) is 0 Å². The Hall–Kier alpha value is -6.08. The Morgan fingerprint density at radius 3 is 1.75 bits per heavy atom. The maximum atomic E-state index is 5.97. The molecule has 6 aromatic heterocycles. The van der Waals surface area contributed by atoms with Crippen molar-refractivity contribution in [2.24, 2.45) is 0 Å². The Balaban J connectivity index is 1.15. The van der Waals surface area contributed by atoms with E-state index >= 15 is 0 Å². The summed E-state index contributed by atoms with van der Waals surface area (Å²) in [6, 6.07) is 31.6. The van der Waals surface area contributed by atoms with E-state index in [-0.39, 0.29) is 5.89 Å². The lowest BCUT2D eigenvalue weighted by Gasteiger charge is -2.01. The number of benzene rings is 1. The minimum atomic E-state index is 0.279. The van der Waals surface area contributed by atoms with E-state index in [1.807, 2.05) is 72.8 Å². The molecule has 1 aromatic carbocycles. The molecule has 0 aliphatic rings. The summed E-state index contributed by atoms with van der Waals surface area (Å²) in [4.78, 5) is 17.9. The van der Waals surface area contributed by atoms with Crippen molar-refractivity contribution in [1.82, 2.24) is 40.3 Å². The van der Waals surface area contributed by atoms with Crippen LogP contribution in [0.3, 0.4) is 0 Å². The lowest BCUT2D eigenvalue weighted by molar-refractivity contribution is 0.580. The Morgan fingerprint density at radius 1 is 0.500 bits per heavy atom. The topological polar surface area (TPSA) is 129 Å². The molecule has 0 aliphatic carbocycles. The van der Waals surface area contributed by atoms with Gasteiger partial charge in [0.2, 0.25) is 11.8 Å². The van der Waals surface area contributed by atoms with Crippen LogP contribution in [0, 0.1) is 12.1 Å². The first-order valence-electron chi connectivity index (χ1n) is 12.2. The van der Waals surface area contributed by atoms with Gasteiger partial charge in [0.1, 0.15) is 17.1 Å². The first-order chi connectivity index (χ1) is 19.8. The molecule has 7 rings (SSSR count). The van der Waals surface area contributed by atoms with Gasteiger partial charge in [0.25, 0.3) is 11.8 Å². The highest BCUT2D eigenvalue weighted by molar-refractivity contribution is 5.66. The average Bonchev–Trinajstić information content (AvgIpc) is 3.74. The van der Waals surface area contributed by atoms with E-state index in [0.29, 0.717) is 57.3 Å². The van der Waals surface area contributed by atoms with Crippen molar-refractivity contribution in [3.63, 3.8) is 0 Å². The van der Waals surface area contributed by atoms with Crippen LogP contribution in [0.5, 0.6) is 0 Å². The van der Waals surface area contributed by atoms with Gasteiger partial charge in [-0.25, -0.2) is 15.0 Å². The van der Waals surface area contributed by atoms with Crippen molar-refractivity contribution in [3.8, 4) is 68.9 Å². The molecule has 0 fully saturated rings. The van der Waals surface area contributed by atoms with Gasteiger partial charge in [-0.1, -0.05) is 30.3 Å². The maximum Gasteiger partial charge on any atom is 0.266 e. The highest BCUT2D eigenvalue weighted by Gasteiger charge is 2.16. The molecule has 6 heterocycles. The van der Waals surface area contributed by atoms with Crippen LogP contribution in [0.4, 0.5) is 0 Å². The molecule has 0 spiro atoms. The Morgan fingerprint density at radius 2 is 1.10 bits per heavy atom. The number of rotatable bonds is 6. The maximum absolute atomic E-state index is 5.97. The first kappa shape index (κ1) is 23.1. The van der Waals surface area contributed by atoms with Gasteiger partial charge >= 0.3 is 0 Å². The van der Waals surface area contributed by atoms with Crippen LogP contribution in [-0.2, 0) is 0 Å². The first-order valence-corrected chi connectivity index (χ1v) is 12.2. The summed E-state index contributed by atoms with van der Waals surface area (Å²) in [6.07, 6.45) is 3.36. The molecular weight excluding hydrogens is 504 g/mol. The van der Waals surface area contributed by atoms with Gasteiger partial charge in [-0.15, -0.1) is 20.4 Å². The quantitative estimate of drug-likeness (QED) is 0.272. The van der Waals surface area contributed by atoms with Crippen LogP contribution in [0.25, 0.3) is 68.9 Å². The molecule has 0 saturated carbocycles. The number of aromatic nitrogens is 8. The molecule has 10 nitrogen and oxygen atoms in total. The third-order valence-corrected chi connectivity index (χ3v) is 5.86. The highest BCUT2D eigenvalue weighted by Crippen LogP contribution is 2.29. The minimum Gasteiger partial charge on any atom is -0.415 e. The third-order valence-electron chi connectivity index (χ3n) is 5.86. The lowest BCUT2D eigenvalue weighted by Crippen LogP contribution is -1.89. The summed E-state index contributed by atoms with van der Waals surface area (Å²) in [5, 5.41) is 16.9. The number of hydrogen-bond donors (Lipinski definition) is 0. The van der Waals surface area contributed by atoms with Gasteiger partial charge in [-0.3, -0.25) is 4.98 Å². The predicted molar refractivity (Wildman–Crippen MR) is 144 cm³/mol. The van der Waals surface area contributed by atoms with Crippen LogP contribution >= 0.6 is 0 Å². The molecule has 188 valence electrons. The van der Waals surface area contributed by atoms with E-state index in [9.17, 15) is 0 Å². The largest absolute Gasteiger partial charge is 0.415 e. The van der Waals surface area contributed by atoms with Crippen molar-refractivity contribution < 1.29 is 8.83 Å². The zero-order valence-electron chi connectivity index (χ0n) is 20.6. The van der Waals surface area contributed by atoms with E-state index in [0.717, 1.165) is 5.69 Å². The zero-order valence-corrected chi connectivity index (χ0v) is 20.6. The van der Waals surface area contributed by atoms with Crippen LogP contribution < -0.4 is 0 Å². The molecule has 0 bridgehead atoms. The second-order valence-electron chi connectivity index (χ2n) is 8.50. The Kier molecular flexibility index (Phi) is 5.77. The van der Waals surface area contributed by atoms with Gasteiger partial charge in [0.15, 0.2) is 0 Å². The Labute approximate surface area is 227 Å². The number of hydrogen-bond acceptors (Lipinski definition) is 10. The minimum absolute atomic E-state index is 0.279. The number of nitrogens with zero attached hydrogens (tertiary/aromatic N) is 8. The molecule has 0 aliphatic heterocycles.